The number of urea groups is 1. The van der Waals surface area contributed by atoms with Crippen molar-refractivity contribution in [1.82, 2.24) is 10.6 Å². The van der Waals surface area contributed by atoms with Crippen molar-refractivity contribution in [2.45, 2.75) is 52.6 Å². The van der Waals surface area contributed by atoms with Gasteiger partial charge >= 0.3 is 6.03 Å². The Hall–Kier alpha value is -1.75. The summed E-state index contributed by atoms with van der Waals surface area (Å²) in [7, 11) is 0. The second-order valence-electron chi connectivity index (χ2n) is 7.37. The summed E-state index contributed by atoms with van der Waals surface area (Å²) in [5.74, 6) is 0.890. The van der Waals surface area contributed by atoms with Gasteiger partial charge in [-0.25, -0.2) is 4.79 Å². The first-order chi connectivity index (χ1) is 12.0. The van der Waals surface area contributed by atoms with Gasteiger partial charge in [-0.15, -0.1) is 0 Å². The van der Waals surface area contributed by atoms with Crippen LogP contribution < -0.4 is 15.5 Å². The summed E-state index contributed by atoms with van der Waals surface area (Å²) in [6.45, 7) is 9.17. The van der Waals surface area contributed by atoms with E-state index in [9.17, 15) is 9.90 Å². The molecule has 1 saturated heterocycles. The Labute approximate surface area is 151 Å². The summed E-state index contributed by atoms with van der Waals surface area (Å²) < 4.78 is 0. The molecule has 0 saturated carbocycles. The van der Waals surface area contributed by atoms with Crippen LogP contribution >= 0.6 is 0 Å². The van der Waals surface area contributed by atoms with Crippen molar-refractivity contribution < 1.29 is 9.90 Å². The number of carbonyl (C=O) groups excluding carboxylic acids is 1. The molecule has 140 valence electrons. The minimum Gasteiger partial charge on any atom is -0.396 e. The molecule has 0 unspecified atom stereocenters. The van der Waals surface area contributed by atoms with Gasteiger partial charge in [-0.05, 0) is 48.8 Å². The minimum atomic E-state index is -0.101. The maximum atomic E-state index is 12.0. The van der Waals surface area contributed by atoms with E-state index in [1.54, 1.807) is 0 Å². The first kappa shape index (κ1) is 19.6. The third-order valence-corrected chi connectivity index (χ3v) is 5.19. The molecular weight excluding hydrogens is 314 g/mol. The molecule has 25 heavy (non-hydrogen) atoms. The molecule has 0 aromatic heterocycles. The van der Waals surface area contributed by atoms with E-state index in [1.165, 1.54) is 5.69 Å². The molecule has 1 aliphatic rings. The lowest BCUT2D eigenvalue weighted by molar-refractivity contribution is 0.203. The molecule has 0 spiro atoms. The first-order valence-corrected chi connectivity index (χ1v) is 9.52. The summed E-state index contributed by atoms with van der Waals surface area (Å²) in [5.41, 5.74) is 2.32. The van der Waals surface area contributed by atoms with Gasteiger partial charge in [-0.1, -0.05) is 32.9 Å². The van der Waals surface area contributed by atoms with E-state index in [4.69, 9.17) is 0 Å². The summed E-state index contributed by atoms with van der Waals surface area (Å²) in [4.78, 5) is 14.4. The van der Waals surface area contributed by atoms with Gasteiger partial charge in [-0.3, -0.25) is 0 Å². The smallest absolute Gasteiger partial charge is 0.315 e. The molecule has 0 radical (unpaired) electrons. The number of aliphatic hydroxyl groups excluding tert-OH is 1. The van der Waals surface area contributed by atoms with Crippen LogP contribution in [0.2, 0.25) is 0 Å². The number of carbonyl (C=O) groups is 1. The SMILES string of the molecule is CC[C@@H](NC(=O)NCc1ccc(N2CCC(CO)CC2)cc1)C(C)C. The second-order valence-corrected chi connectivity index (χ2v) is 7.37. The van der Waals surface area contributed by atoms with Crippen molar-refractivity contribution >= 4 is 11.7 Å². The largest absolute Gasteiger partial charge is 0.396 e. The molecule has 1 aromatic rings. The number of anilines is 1. The van der Waals surface area contributed by atoms with Crippen molar-refractivity contribution in [2.24, 2.45) is 11.8 Å². The molecule has 5 heteroatoms. The van der Waals surface area contributed by atoms with E-state index in [0.717, 1.165) is 37.9 Å². The lowest BCUT2D eigenvalue weighted by atomic mass is 9.97. The maximum Gasteiger partial charge on any atom is 0.315 e. The van der Waals surface area contributed by atoms with Crippen LogP contribution in [0, 0.1) is 11.8 Å². The maximum absolute atomic E-state index is 12.0. The van der Waals surface area contributed by atoms with Crippen LogP contribution in [-0.2, 0) is 6.54 Å². The fraction of sp³-hybridized carbons (Fsp3) is 0.650. The number of benzene rings is 1. The predicted molar refractivity (Wildman–Crippen MR) is 103 cm³/mol. The number of nitrogens with zero attached hydrogens (tertiary/aromatic N) is 1. The number of nitrogens with one attached hydrogen (secondary N) is 2. The zero-order valence-electron chi connectivity index (χ0n) is 15.8. The number of hydrogen-bond acceptors (Lipinski definition) is 3. The Morgan fingerprint density at radius 2 is 1.88 bits per heavy atom. The third-order valence-electron chi connectivity index (χ3n) is 5.19. The number of hydrogen-bond donors (Lipinski definition) is 3. The first-order valence-electron chi connectivity index (χ1n) is 9.52. The fourth-order valence-electron chi connectivity index (χ4n) is 3.34. The third kappa shape index (κ3) is 5.92. The van der Waals surface area contributed by atoms with Gasteiger partial charge in [-0.2, -0.15) is 0 Å². The lowest BCUT2D eigenvalue weighted by Crippen LogP contribution is -2.43. The molecule has 2 amide bonds. The molecule has 1 atom stereocenters. The molecule has 1 aromatic carbocycles. The normalized spacial score (nSPS) is 16.8. The highest BCUT2D eigenvalue weighted by molar-refractivity contribution is 5.74. The van der Waals surface area contributed by atoms with Crippen LogP contribution in [0.3, 0.4) is 0 Å². The van der Waals surface area contributed by atoms with Crippen molar-refractivity contribution in [3.05, 3.63) is 29.8 Å². The topological polar surface area (TPSA) is 64.6 Å². The standard InChI is InChI=1S/C20H33N3O2/c1-4-19(15(2)3)22-20(25)21-13-16-5-7-18(8-6-16)23-11-9-17(14-24)10-12-23/h5-8,15,17,19,24H,4,9-14H2,1-3H3,(H2,21,22,25)/t19-/m1/s1. The average molecular weight is 348 g/mol. The summed E-state index contributed by atoms with van der Waals surface area (Å²) in [6, 6.07) is 8.51. The molecule has 0 bridgehead atoms. The number of aliphatic hydroxyl groups is 1. The molecule has 1 fully saturated rings. The molecule has 5 nitrogen and oxygen atoms in total. The van der Waals surface area contributed by atoms with Crippen molar-refractivity contribution in [2.75, 3.05) is 24.6 Å². The summed E-state index contributed by atoms with van der Waals surface area (Å²) >= 11 is 0. The molecule has 3 N–H and O–H groups in total. The van der Waals surface area contributed by atoms with Gasteiger partial charge in [0.2, 0.25) is 0 Å². The van der Waals surface area contributed by atoms with E-state index in [1.807, 2.05) is 0 Å². The van der Waals surface area contributed by atoms with Crippen LogP contribution in [-0.4, -0.2) is 36.9 Å². The Morgan fingerprint density at radius 3 is 2.40 bits per heavy atom. The fourth-order valence-corrected chi connectivity index (χ4v) is 3.34. The average Bonchev–Trinajstić information content (AvgIpc) is 2.64. The highest BCUT2D eigenvalue weighted by Gasteiger charge is 2.18. The van der Waals surface area contributed by atoms with Crippen LogP contribution in [0.5, 0.6) is 0 Å². The van der Waals surface area contributed by atoms with Crippen LogP contribution in [0.1, 0.15) is 45.6 Å². The minimum absolute atomic E-state index is 0.101. The van der Waals surface area contributed by atoms with Gasteiger partial charge < -0.3 is 20.6 Å². The van der Waals surface area contributed by atoms with Crippen molar-refractivity contribution in [3.63, 3.8) is 0 Å². The van der Waals surface area contributed by atoms with Crippen molar-refractivity contribution in [1.29, 1.82) is 0 Å². The van der Waals surface area contributed by atoms with E-state index in [0.29, 0.717) is 25.0 Å². The Balaban J connectivity index is 1.79. The zero-order valence-corrected chi connectivity index (χ0v) is 15.8. The van der Waals surface area contributed by atoms with E-state index in [-0.39, 0.29) is 12.1 Å². The Kier molecular flexibility index (Phi) is 7.56. The number of amides is 2. The van der Waals surface area contributed by atoms with Crippen LogP contribution in [0.25, 0.3) is 0 Å². The molecule has 1 heterocycles. The summed E-state index contributed by atoms with van der Waals surface area (Å²) in [6.07, 6.45) is 3.04. The van der Waals surface area contributed by atoms with Gasteiger partial charge in [0, 0.05) is 38.0 Å². The zero-order chi connectivity index (χ0) is 18.2. The second kappa shape index (κ2) is 9.66. The van der Waals surface area contributed by atoms with Gasteiger partial charge in [0.1, 0.15) is 0 Å². The quantitative estimate of drug-likeness (QED) is 0.710. The Bertz CT molecular complexity index is 522. The highest BCUT2D eigenvalue weighted by atomic mass is 16.3. The van der Waals surface area contributed by atoms with Gasteiger partial charge in [0.05, 0.1) is 0 Å². The van der Waals surface area contributed by atoms with E-state index < -0.39 is 0 Å². The number of piperidine rings is 1. The van der Waals surface area contributed by atoms with Crippen LogP contribution in [0.15, 0.2) is 24.3 Å². The van der Waals surface area contributed by atoms with Gasteiger partial charge in [0.15, 0.2) is 0 Å². The van der Waals surface area contributed by atoms with Crippen molar-refractivity contribution in [3.8, 4) is 0 Å². The Morgan fingerprint density at radius 1 is 1.24 bits per heavy atom. The molecule has 0 aliphatic carbocycles. The molecule has 2 rings (SSSR count). The van der Waals surface area contributed by atoms with Crippen LogP contribution in [0.4, 0.5) is 10.5 Å². The highest BCUT2D eigenvalue weighted by Crippen LogP contribution is 2.23. The van der Waals surface area contributed by atoms with Gasteiger partial charge in [0.25, 0.3) is 0 Å². The van der Waals surface area contributed by atoms with E-state index in [2.05, 4.69) is 60.6 Å². The number of rotatable bonds is 7. The summed E-state index contributed by atoms with van der Waals surface area (Å²) in [5, 5.41) is 15.2. The molecular formula is C20H33N3O2. The van der Waals surface area contributed by atoms with E-state index >= 15 is 0 Å². The lowest BCUT2D eigenvalue weighted by Gasteiger charge is -2.33. The monoisotopic (exact) mass is 347 g/mol. The predicted octanol–water partition coefficient (Wildman–Crippen LogP) is 3.13. The molecule has 1 aliphatic heterocycles.